The minimum Gasteiger partial charge on any atom is -0.307 e. The second-order valence-corrected chi connectivity index (χ2v) is 5.94. The molecule has 1 heterocycles. The molecule has 0 spiro atoms. The van der Waals surface area contributed by atoms with Crippen molar-refractivity contribution in [2.24, 2.45) is 5.92 Å². The van der Waals surface area contributed by atoms with Crippen LogP contribution in [0.3, 0.4) is 0 Å². The maximum absolute atomic E-state index is 4.11. The van der Waals surface area contributed by atoms with E-state index >= 15 is 0 Å². The molecule has 0 radical (unpaired) electrons. The lowest BCUT2D eigenvalue weighted by atomic mass is 10.0. The molecule has 2 nitrogen and oxygen atoms in total. The fourth-order valence-electron chi connectivity index (χ4n) is 1.86. The van der Waals surface area contributed by atoms with E-state index in [0.717, 1.165) is 5.92 Å². The molecule has 1 rings (SSSR count). The van der Waals surface area contributed by atoms with Crippen LogP contribution in [-0.2, 0) is 0 Å². The highest BCUT2D eigenvalue weighted by Gasteiger charge is 2.10. The third-order valence-corrected chi connectivity index (χ3v) is 3.79. The van der Waals surface area contributed by atoms with Crippen LogP contribution in [0, 0.1) is 5.92 Å². The van der Waals surface area contributed by atoms with E-state index in [-0.39, 0.29) is 0 Å². The van der Waals surface area contributed by atoms with Crippen LogP contribution >= 0.6 is 11.3 Å². The van der Waals surface area contributed by atoms with Crippen LogP contribution in [0.1, 0.15) is 57.9 Å². The van der Waals surface area contributed by atoms with Crippen LogP contribution in [0.4, 0.5) is 0 Å². The second-order valence-electron chi connectivity index (χ2n) is 5.02. The summed E-state index contributed by atoms with van der Waals surface area (Å²) in [5.74, 6) is 0.825. The van der Waals surface area contributed by atoms with Gasteiger partial charge >= 0.3 is 0 Å². The van der Waals surface area contributed by atoms with E-state index in [4.69, 9.17) is 0 Å². The number of hydrogen-bond donors (Lipinski definition) is 1. The molecule has 0 aliphatic heterocycles. The van der Waals surface area contributed by atoms with Gasteiger partial charge in [0.25, 0.3) is 0 Å². The molecule has 3 heteroatoms. The molecule has 0 aromatic carbocycles. The summed E-state index contributed by atoms with van der Waals surface area (Å²) in [5.41, 5.74) is 1.90. The van der Waals surface area contributed by atoms with Crippen LogP contribution < -0.4 is 5.32 Å². The summed E-state index contributed by atoms with van der Waals surface area (Å²) in [7, 11) is 0. The highest BCUT2D eigenvalue weighted by Crippen LogP contribution is 2.18. The van der Waals surface area contributed by atoms with Gasteiger partial charge in [0.15, 0.2) is 0 Å². The Kier molecular flexibility index (Phi) is 5.99. The topological polar surface area (TPSA) is 24.9 Å². The SMILES string of the molecule is CC(C)CCCC(C)NC(C)c1cncs1. The highest BCUT2D eigenvalue weighted by molar-refractivity contribution is 7.09. The fourth-order valence-corrected chi connectivity index (χ4v) is 2.50. The third kappa shape index (κ3) is 5.08. The molecule has 0 bridgehead atoms. The van der Waals surface area contributed by atoms with Gasteiger partial charge in [0.1, 0.15) is 0 Å². The molecule has 1 aromatic rings. The molecule has 16 heavy (non-hydrogen) atoms. The molecule has 1 aromatic heterocycles. The lowest BCUT2D eigenvalue weighted by molar-refractivity contribution is 0.426. The minimum atomic E-state index is 0.432. The smallest absolute Gasteiger partial charge is 0.0794 e. The van der Waals surface area contributed by atoms with E-state index in [9.17, 15) is 0 Å². The molecule has 0 fully saturated rings. The van der Waals surface area contributed by atoms with Crippen molar-refractivity contribution in [1.29, 1.82) is 0 Å². The Hall–Kier alpha value is -0.410. The first-order valence-corrected chi connectivity index (χ1v) is 7.12. The fraction of sp³-hybridized carbons (Fsp3) is 0.769. The van der Waals surface area contributed by atoms with E-state index in [2.05, 4.69) is 38.0 Å². The Morgan fingerprint density at radius 2 is 2.00 bits per heavy atom. The molecule has 0 aliphatic carbocycles. The van der Waals surface area contributed by atoms with Gasteiger partial charge in [-0.15, -0.1) is 11.3 Å². The Morgan fingerprint density at radius 1 is 1.25 bits per heavy atom. The molecule has 2 unspecified atom stereocenters. The normalized spacial score (nSPS) is 15.3. The molecule has 92 valence electrons. The van der Waals surface area contributed by atoms with E-state index in [1.807, 2.05) is 11.7 Å². The van der Waals surface area contributed by atoms with Gasteiger partial charge in [0.2, 0.25) is 0 Å². The monoisotopic (exact) mass is 240 g/mol. The van der Waals surface area contributed by atoms with E-state index in [1.54, 1.807) is 11.3 Å². The first-order valence-electron chi connectivity index (χ1n) is 6.24. The van der Waals surface area contributed by atoms with Crippen molar-refractivity contribution < 1.29 is 0 Å². The summed E-state index contributed by atoms with van der Waals surface area (Å²) in [6.07, 6.45) is 5.88. The summed E-state index contributed by atoms with van der Waals surface area (Å²) in [5, 5.41) is 3.63. The van der Waals surface area contributed by atoms with E-state index < -0.39 is 0 Å². The summed E-state index contributed by atoms with van der Waals surface area (Å²) in [6, 6.07) is 1.03. The standard InChI is InChI=1S/C13H24N2S/c1-10(2)6-5-7-11(3)15-12(4)13-8-14-9-16-13/h8-12,15H,5-7H2,1-4H3. The predicted molar refractivity (Wildman–Crippen MR) is 71.8 cm³/mol. The zero-order valence-corrected chi connectivity index (χ0v) is 11.7. The maximum atomic E-state index is 4.11. The molecule has 0 amide bonds. The van der Waals surface area contributed by atoms with Crippen molar-refractivity contribution in [2.75, 3.05) is 0 Å². The summed E-state index contributed by atoms with van der Waals surface area (Å²) >= 11 is 1.73. The molecular weight excluding hydrogens is 216 g/mol. The Bertz CT molecular complexity index is 269. The molecular formula is C13H24N2S. The average molecular weight is 240 g/mol. The number of thiazole rings is 1. The summed E-state index contributed by atoms with van der Waals surface area (Å²) in [6.45, 7) is 9.07. The van der Waals surface area contributed by atoms with Gasteiger partial charge in [-0.25, -0.2) is 0 Å². The summed E-state index contributed by atoms with van der Waals surface area (Å²) < 4.78 is 0. The number of nitrogens with zero attached hydrogens (tertiary/aromatic N) is 1. The molecule has 2 atom stereocenters. The first kappa shape index (κ1) is 13.7. The van der Waals surface area contributed by atoms with Crippen molar-refractivity contribution in [3.63, 3.8) is 0 Å². The number of aromatic nitrogens is 1. The van der Waals surface area contributed by atoms with Gasteiger partial charge in [-0.3, -0.25) is 4.98 Å². The maximum Gasteiger partial charge on any atom is 0.0794 e. The first-order chi connectivity index (χ1) is 7.59. The van der Waals surface area contributed by atoms with Crippen molar-refractivity contribution in [3.05, 3.63) is 16.6 Å². The highest BCUT2D eigenvalue weighted by atomic mass is 32.1. The van der Waals surface area contributed by atoms with Crippen LogP contribution in [0.2, 0.25) is 0 Å². The van der Waals surface area contributed by atoms with Gasteiger partial charge in [0, 0.05) is 23.2 Å². The van der Waals surface area contributed by atoms with Crippen molar-refractivity contribution in [3.8, 4) is 0 Å². The van der Waals surface area contributed by atoms with Crippen LogP contribution in [0.15, 0.2) is 11.7 Å². The molecule has 0 aliphatic rings. The lowest BCUT2D eigenvalue weighted by Crippen LogP contribution is -2.28. The number of nitrogens with one attached hydrogen (secondary N) is 1. The predicted octanol–water partition coefficient (Wildman–Crippen LogP) is 4.01. The van der Waals surface area contributed by atoms with Crippen LogP contribution in [0.5, 0.6) is 0 Å². The second kappa shape index (κ2) is 7.02. The van der Waals surface area contributed by atoms with Crippen molar-refractivity contribution in [2.45, 2.75) is 59.0 Å². The largest absolute Gasteiger partial charge is 0.307 e. The lowest BCUT2D eigenvalue weighted by Gasteiger charge is -2.19. The Labute approximate surface area is 103 Å². The Morgan fingerprint density at radius 3 is 2.56 bits per heavy atom. The van der Waals surface area contributed by atoms with Gasteiger partial charge in [-0.1, -0.05) is 26.7 Å². The van der Waals surface area contributed by atoms with Crippen LogP contribution in [0.25, 0.3) is 0 Å². The molecule has 0 saturated carbocycles. The Balaban J connectivity index is 2.21. The van der Waals surface area contributed by atoms with Gasteiger partial charge < -0.3 is 5.32 Å². The van der Waals surface area contributed by atoms with E-state index in [1.165, 1.54) is 24.1 Å². The van der Waals surface area contributed by atoms with Crippen molar-refractivity contribution >= 4 is 11.3 Å². The third-order valence-electron chi connectivity index (χ3n) is 2.83. The van der Waals surface area contributed by atoms with Crippen molar-refractivity contribution in [1.82, 2.24) is 10.3 Å². The van der Waals surface area contributed by atoms with Gasteiger partial charge in [-0.05, 0) is 26.2 Å². The van der Waals surface area contributed by atoms with Gasteiger partial charge in [-0.2, -0.15) is 0 Å². The average Bonchev–Trinajstić information content (AvgIpc) is 2.69. The van der Waals surface area contributed by atoms with Crippen LogP contribution in [-0.4, -0.2) is 11.0 Å². The zero-order chi connectivity index (χ0) is 12.0. The molecule has 1 N–H and O–H groups in total. The van der Waals surface area contributed by atoms with E-state index in [0.29, 0.717) is 12.1 Å². The quantitative estimate of drug-likeness (QED) is 0.779. The van der Waals surface area contributed by atoms with Gasteiger partial charge in [0.05, 0.1) is 5.51 Å². The number of rotatable bonds is 7. The summed E-state index contributed by atoms with van der Waals surface area (Å²) in [4.78, 5) is 5.44. The molecule has 0 saturated heterocycles. The number of hydrogen-bond acceptors (Lipinski definition) is 3. The minimum absolute atomic E-state index is 0.432. The zero-order valence-electron chi connectivity index (χ0n) is 10.9.